The van der Waals surface area contributed by atoms with E-state index in [4.69, 9.17) is 4.74 Å². The minimum Gasteiger partial charge on any atom is -0.378 e. The van der Waals surface area contributed by atoms with E-state index < -0.39 is 0 Å². The van der Waals surface area contributed by atoms with Crippen molar-refractivity contribution >= 4 is 54.6 Å². The summed E-state index contributed by atoms with van der Waals surface area (Å²) in [4.78, 5) is 3.68. The maximum absolute atomic E-state index is 5.44. The van der Waals surface area contributed by atoms with Crippen molar-refractivity contribution in [3.05, 3.63) is 43.5 Å². The topological polar surface area (TPSA) is 24.5 Å². The van der Waals surface area contributed by atoms with Crippen LogP contribution in [0.15, 0.2) is 38.6 Å². The third-order valence-corrected chi connectivity index (χ3v) is 6.66. The van der Waals surface area contributed by atoms with Gasteiger partial charge in [0.1, 0.15) is 0 Å². The summed E-state index contributed by atoms with van der Waals surface area (Å²) in [5, 5.41) is 3.55. The molecule has 1 aliphatic heterocycles. The van der Waals surface area contributed by atoms with E-state index in [2.05, 4.69) is 72.4 Å². The average molecular weight is 432 g/mol. The molecule has 112 valence electrons. The van der Waals surface area contributed by atoms with Gasteiger partial charge in [-0.2, -0.15) is 0 Å². The molecule has 0 spiro atoms. The lowest BCUT2D eigenvalue weighted by atomic mass is 10.2. The fourth-order valence-electron chi connectivity index (χ4n) is 2.36. The van der Waals surface area contributed by atoms with Gasteiger partial charge in [0.2, 0.25) is 0 Å². The second kappa shape index (κ2) is 7.13. The number of para-hydroxylation sites is 2. The van der Waals surface area contributed by atoms with Gasteiger partial charge < -0.3 is 15.0 Å². The molecule has 2 aromatic rings. The van der Waals surface area contributed by atoms with Gasteiger partial charge in [-0.25, -0.2) is 0 Å². The van der Waals surface area contributed by atoms with Gasteiger partial charge in [-0.1, -0.05) is 12.1 Å². The van der Waals surface area contributed by atoms with Crippen LogP contribution in [0.2, 0.25) is 0 Å². The van der Waals surface area contributed by atoms with Gasteiger partial charge in [-0.15, -0.1) is 11.3 Å². The molecule has 0 atom stereocenters. The average Bonchev–Trinajstić information content (AvgIpc) is 2.85. The summed E-state index contributed by atoms with van der Waals surface area (Å²) in [6.45, 7) is 4.35. The van der Waals surface area contributed by atoms with Crippen LogP contribution in [0.25, 0.3) is 0 Å². The summed E-state index contributed by atoms with van der Waals surface area (Å²) in [6, 6.07) is 10.6. The number of nitrogens with zero attached hydrogens (tertiary/aromatic N) is 1. The quantitative estimate of drug-likeness (QED) is 0.757. The molecule has 1 fully saturated rings. The van der Waals surface area contributed by atoms with Gasteiger partial charge >= 0.3 is 0 Å². The van der Waals surface area contributed by atoms with Crippen molar-refractivity contribution in [3.63, 3.8) is 0 Å². The Morgan fingerprint density at radius 2 is 1.95 bits per heavy atom. The summed E-state index contributed by atoms with van der Waals surface area (Å²) in [6.07, 6.45) is 0. The fraction of sp³-hybridized carbons (Fsp3) is 0.333. The monoisotopic (exact) mass is 430 g/mol. The Bertz CT molecular complexity index is 592. The largest absolute Gasteiger partial charge is 0.378 e. The van der Waals surface area contributed by atoms with Crippen molar-refractivity contribution < 1.29 is 4.74 Å². The van der Waals surface area contributed by atoms with Crippen LogP contribution in [0.5, 0.6) is 0 Å². The normalized spacial score (nSPS) is 15.2. The van der Waals surface area contributed by atoms with Crippen molar-refractivity contribution in [2.24, 2.45) is 0 Å². The molecule has 21 heavy (non-hydrogen) atoms. The Morgan fingerprint density at radius 3 is 2.67 bits per heavy atom. The van der Waals surface area contributed by atoms with Crippen molar-refractivity contribution in [1.29, 1.82) is 0 Å². The zero-order valence-electron chi connectivity index (χ0n) is 11.4. The first kappa shape index (κ1) is 15.3. The molecule has 1 aliphatic rings. The second-order valence-electron chi connectivity index (χ2n) is 4.80. The van der Waals surface area contributed by atoms with Crippen LogP contribution in [0, 0.1) is 0 Å². The molecule has 1 aromatic carbocycles. The van der Waals surface area contributed by atoms with Crippen molar-refractivity contribution in [2.45, 2.75) is 6.54 Å². The van der Waals surface area contributed by atoms with E-state index in [1.807, 2.05) is 0 Å². The van der Waals surface area contributed by atoms with Gasteiger partial charge in [0.25, 0.3) is 0 Å². The summed E-state index contributed by atoms with van der Waals surface area (Å²) < 4.78 is 7.69. The van der Waals surface area contributed by atoms with E-state index in [0.29, 0.717) is 0 Å². The van der Waals surface area contributed by atoms with Gasteiger partial charge in [-0.3, -0.25) is 0 Å². The predicted molar refractivity (Wildman–Crippen MR) is 96.5 cm³/mol. The summed E-state index contributed by atoms with van der Waals surface area (Å²) in [7, 11) is 0. The highest BCUT2D eigenvalue weighted by atomic mass is 79.9. The van der Waals surface area contributed by atoms with Gasteiger partial charge in [-0.05, 0) is 50.1 Å². The molecule has 0 saturated carbocycles. The zero-order valence-corrected chi connectivity index (χ0v) is 15.4. The van der Waals surface area contributed by atoms with Crippen LogP contribution in [0.4, 0.5) is 11.4 Å². The Hall–Kier alpha value is -0.560. The zero-order chi connectivity index (χ0) is 14.7. The number of thiophene rings is 1. The predicted octanol–water partition coefficient (Wildman–Crippen LogP) is 4.72. The minimum atomic E-state index is 0.805. The van der Waals surface area contributed by atoms with Gasteiger partial charge in [0, 0.05) is 29.0 Å². The highest BCUT2D eigenvalue weighted by molar-refractivity contribution is 9.13. The number of morpholine rings is 1. The third kappa shape index (κ3) is 3.80. The first-order chi connectivity index (χ1) is 10.2. The van der Waals surface area contributed by atoms with Crippen molar-refractivity contribution in [2.75, 3.05) is 36.5 Å². The van der Waals surface area contributed by atoms with E-state index >= 15 is 0 Å². The number of hydrogen-bond acceptors (Lipinski definition) is 4. The molecule has 0 radical (unpaired) electrons. The van der Waals surface area contributed by atoms with Crippen LogP contribution >= 0.6 is 43.2 Å². The lowest BCUT2D eigenvalue weighted by molar-refractivity contribution is 0.123. The fourth-order valence-corrected chi connectivity index (χ4v) is 4.48. The SMILES string of the molecule is Brc1cc(CNc2ccccc2N2CCOCC2)sc1Br. The third-order valence-electron chi connectivity index (χ3n) is 3.41. The lowest BCUT2D eigenvalue weighted by Gasteiger charge is -2.30. The van der Waals surface area contributed by atoms with Crippen LogP contribution in [0.1, 0.15) is 4.88 Å². The van der Waals surface area contributed by atoms with E-state index in [0.717, 1.165) is 41.1 Å². The molecule has 1 N–H and O–H groups in total. The number of halogens is 2. The Balaban J connectivity index is 1.72. The molecule has 1 aromatic heterocycles. The number of benzene rings is 1. The maximum Gasteiger partial charge on any atom is 0.0843 e. The lowest BCUT2D eigenvalue weighted by Crippen LogP contribution is -2.36. The van der Waals surface area contributed by atoms with E-state index in [-0.39, 0.29) is 0 Å². The molecule has 1 saturated heterocycles. The Morgan fingerprint density at radius 1 is 1.19 bits per heavy atom. The molecule has 2 heterocycles. The molecule has 0 bridgehead atoms. The molecular weight excluding hydrogens is 416 g/mol. The Labute approximate surface area is 145 Å². The summed E-state index contributed by atoms with van der Waals surface area (Å²) in [5.41, 5.74) is 2.44. The van der Waals surface area contributed by atoms with E-state index in [1.165, 1.54) is 16.3 Å². The highest BCUT2D eigenvalue weighted by Gasteiger charge is 2.14. The standard InChI is InChI=1S/C15H16Br2N2OS/c16-12-9-11(21-15(12)17)10-18-13-3-1-2-4-14(13)19-5-7-20-8-6-19/h1-4,9,18H,5-8,10H2. The minimum absolute atomic E-state index is 0.805. The molecule has 0 unspecified atom stereocenters. The molecule has 3 rings (SSSR count). The van der Waals surface area contributed by atoms with Crippen LogP contribution < -0.4 is 10.2 Å². The van der Waals surface area contributed by atoms with Gasteiger partial charge in [0.05, 0.1) is 28.4 Å². The van der Waals surface area contributed by atoms with Crippen molar-refractivity contribution in [1.82, 2.24) is 0 Å². The van der Waals surface area contributed by atoms with E-state index in [9.17, 15) is 0 Å². The molecule has 6 heteroatoms. The van der Waals surface area contributed by atoms with E-state index in [1.54, 1.807) is 11.3 Å². The summed E-state index contributed by atoms with van der Waals surface area (Å²) in [5.74, 6) is 0. The Kier molecular flexibility index (Phi) is 5.21. The molecule has 0 amide bonds. The van der Waals surface area contributed by atoms with Crippen molar-refractivity contribution in [3.8, 4) is 0 Å². The number of rotatable bonds is 4. The van der Waals surface area contributed by atoms with Crippen LogP contribution in [-0.4, -0.2) is 26.3 Å². The number of nitrogens with one attached hydrogen (secondary N) is 1. The van der Waals surface area contributed by atoms with Crippen LogP contribution in [0.3, 0.4) is 0 Å². The first-order valence-electron chi connectivity index (χ1n) is 6.83. The number of hydrogen-bond donors (Lipinski definition) is 1. The first-order valence-corrected chi connectivity index (χ1v) is 9.23. The summed E-state index contributed by atoms with van der Waals surface area (Å²) >= 11 is 8.82. The molecular formula is C15H16Br2N2OS. The second-order valence-corrected chi connectivity index (χ2v) is 8.11. The number of anilines is 2. The smallest absolute Gasteiger partial charge is 0.0843 e. The maximum atomic E-state index is 5.44. The van der Waals surface area contributed by atoms with Gasteiger partial charge in [0.15, 0.2) is 0 Å². The highest BCUT2D eigenvalue weighted by Crippen LogP contribution is 2.33. The molecule has 0 aliphatic carbocycles. The molecule has 3 nitrogen and oxygen atoms in total. The van der Waals surface area contributed by atoms with Crippen LogP contribution in [-0.2, 0) is 11.3 Å². The number of ether oxygens (including phenoxy) is 1.